The first-order valence-electron chi connectivity index (χ1n) is 6.70. The Morgan fingerprint density at radius 1 is 1.24 bits per heavy atom. The van der Waals surface area contributed by atoms with Crippen molar-refractivity contribution in [2.45, 2.75) is 51.5 Å². The van der Waals surface area contributed by atoms with Crippen molar-refractivity contribution in [3.8, 4) is 0 Å². The normalized spacial score (nSPS) is 19.6. The fraction of sp³-hybridized carbons (Fsp3) is 1.00. The molecule has 0 bridgehead atoms. The molecule has 17 heavy (non-hydrogen) atoms. The van der Waals surface area contributed by atoms with Gasteiger partial charge >= 0.3 is 0 Å². The summed E-state index contributed by atoms with van der Waals surface area (Å²) in [5.74, 6) is 0.799. The molecule has 0 spiro atoms. The van der Waals surface area contributed by atoms with Crippen molar-refractivity contribution in [1.29, 1.82) is 0 Å². The zero-order valence-corrected chi connectivity index (χ0v) is 11.9. The third kappa shape index (κ3) is 5.84. The van der Waals surface area contributed by atoms with Crippen LogP contribution in [0, 0.1) is 5.92 Å². The second-order valence-corrected chi connectivity index (χ2v) is 6.95. The molecule has 0 aromatic carbocycles. The molecule has 1 unspecified atom stereocenters. The van der Waals surface area contributed by atoms with Crippen molar-refractivity contribution < 1.29 is 8.42 Å². The average molecular weight is 262 g/mol. The number of sulfonamides is 1. The second kappa shape index (κ2) is 7.34. The zero-order chi connectivity index (χ0) is 12.7. The smallest absolute Gasteiger partial charge is 0.211 e. The minimum absolute atomic E-state index is 0.104. The lowest BCUT2D eigenvalue weighted by Gasteiger charge is -2.20. The topological polar surface area (TPSA) is 58.2 Å². The molecule has 0 aromatic heterocycles. The molecule has 0 heterocycles. The Morgan fingerprint density at radius 2 is 1.88 bits per heavy atom. The Kier molecular flexibility index (Phi) is 6.44. The highest BCUT2D eigenvalue weighted by atomic mass is 32.2. The van der Waals surface area contributed by atoms with E-state index in [9.17, 15) is 8.42 Å². The fourth-order valence-corrected chi connectivity index (χ4v) is 3.95. The minimum atomic E-state index is -3.08. The van der Waals surface area contributed by atoms with Crippen LogP contribution in [0.15, 0.2) is 0 Å². The Bertz CT molecular complexity index is 298. The molecular weight excluding hydrogens is 236 g/mol. The molecule has 1 aliphatic carbocycles. The highest BCUT2D eigenvalue weighted by Gasteiger charge is 2.24. The van der Waals surface area contributed by atoms with Crippen molar-refractivity contribution in [2.24, 2.45) is 5.92 Å². The van der Waals surface area contributed by atoms with Crippen molar-refractivity contribution in [3.63, 3.8) is 0 Å². The van der Waals surface area contributed by atoms with Crippen molar-refractivity contribution >= 4 is 10.0 Å². The standard InChI is InChI=1S/C12H26N2O2S/c1-11(12-7-3-4-8-12)14-17(15,16)10-6-5-9-13-2/h11-14H,3-10H2,1-2H3. The van der Waals surface area contributed by atoms with Gasteiger partial charge in [-0.2, -0.15) is 0 Å². The third-order valence-electron chi connectivity index (χ3n) is 3.56. The highest BCUT2D eigenvalue weighted by Crippen LogP contribution is 2.27. The molecule has 1 aliphatic rings. The van der Waals surface area contributed by atoms with Crippen molar-refractivity contribution in [1.82, 2.24) is 10.0 Å². The first-order chi connectivity index (χ1) is 8.05. The van der Waals surface area contributed by atoms with Gasteiger partial charge in [0.15, 0.2) is 0 Å². The zero-order valence-electron chi connectivity index (χ0n) is 11.0. The number of nitrogens with one attached hydrogen (secondary N) is 2. The molecule has 5 heteroatoms. The van der Waals surface area contributed by atoms with E-state index in [1.165, 1.54) is 25.7 Å². The summed E-state index contributed by atoms with van der Waals surface area (Å²) >= 11 is 0. The Hall–Kier alpha value is -0.130. The van der Waals surface area contributed by atoms with Crippen molar-refractivity contribution in [3.05, 3.63) is 0 Å². The molecule has 0 aromatic rings. The largest absolute Gasteiger partial charge is 0.320 e. The molecule has 102 valence electrons. The molecule has 4 nitrogen and oxygen atoms in total. The van der Waals surface area contributed by atoms with Crippen LogP contribution in [0.2, 0.25) is 0 Å². The van der Waals surface area contributed by atoms with E-state index in [1.54, 1.807) is 0 Å². The van der Waals surface area contributed by atoms with E-state index in [0.29, 0.717) is 5.92 Å². The van der Waals surface area contributed by atoms with E-state index >= 15 is 0 Å². The van der Waals surface area contributed by atoms with E-state index in [4.69, 9.17) is 0 Å². The number of hydrogen-bond donors (Lipinski definition) is 2. The molecular formula is C12H26N2O2S. The Labute approximate surface area is 106 Å². The molecule has 0 amide bonds. The maximum absolute atomic E-state index is 11.8. The van der Waals surface area contributed by atoms with Gasteiger partial charge in [0, 0.05) is 6.04 Å². The van der Waals surface area contributed by atoms with Gasteiger partial charge in [-0.05, 0) is 52.1 Å². The summed E-state index contributed by atoms with van der Waals surface area (Å²) in [5, 5.41) is 3.02. The van der Waals surface area contributed by atoms with Crippen LogP contribution in [0.5, 0.6) is 0 Å². The fourth-order valence-electron chi connectivity index (χ4n) is 2.49. The molecule has 2 N–H and O–H groups in total. The number of unbranched alkanes of at least 4 members (excludes halogenated alkanes) is 1. The van der Waals surface area contributed by atoms with E-state index in [1.807, 2.05) is 14.0 Å². The van der Waals surface area contributed by atoms with Gasteiger partial charge in [-0.15, -0.1) is 0 Å². The monoisotopic (exact) mass is 262 g/mol. The van der Waals surface area contributed by atoms with Gasteiger partial charge in [0.1, 0.15) is 0 Å². The van der Waals surface area contributed by atoms with E-state index in [-0.39, 0.29) is 11.8 Å². The third-order valence-corrected chi connectivity index (χ3v) is 5.12. The molecule has 0 aliphatic heterocycles. The van der Waals surface area contributed by atoms with E-state index in [0.717, 1.165) is 19.4 Å². The Balaban J connectivity index is 2.27. The predicted molar refractivity (Wildman–Crippen MR) is 71.5 cm³/mol. The summed E-state index contributed by atoms with van der Waals surface area (Å²) in [4.78, 5) is 0. The van der Waals surface area contributed by atoms with E-state index < -0.39 is 10.0 Å². The van der Waals surface area contributed by atoms with Crippen LogP contribution in [0.25, 0.3) is 0 Å². The van der Waals surface area contributed by atoms with Gasteiger partial charge in [0.25, 0.3) is 0 Å². The van der Waals surface area contributed by atoms with Crippen LogP contribution in [-0.4, -0.2) is 33.8 Å². The van der Waals surface area contributed by atoms with Gasteiger partial charge in [0.05, 0.1) is 5.75 Å². The van der Waals surface area contributed by atoms with Crippen LogP contribution < -0.4 is 10.0 Å². The molecule has 1 atom stereocenters. The maximum atomic E-state index is 11.8. The van der Waals surface area contributed by atoms with Crippen LogP contribution >= 0.6 is 0 Å². The summed E-state index contributed by atoms with van der Waals surface area (Å²) in [5.41, 5.74) is 0. The summed E-state index contributed by atoms with van der Waals surface area (Å²) in [7, 11) is -1.19. The lowest BCUT2D eigenvalue weighted by atomic mass is 10.0. The minimum Gasteiger partial charge on any atom is -0.320 e. The number of rotatable bonds is 8. The predicted octanol–water partition coefficient (Wildman–Crippen LogP) is 1.48. The van der Waals surface area contributed by atoms with Gasteiger partial charge in [-0.3, -0.25) is 0 Å². The van der Waals surface area contributed by atoms with Gasteiger partial charge in [0.2, 0.25) is 10.0 Å². The SMILES string of the molecule is CNCCCCS(=O)(=O)NC(C)C1CCCC1. The summed E-state index contributed by atoms with van der Waals surface area (Å²) in [6.07, 6.45) is 6.48. The average Bonchev–Trinajstić information content (AvgIpc) is 2.77. The first kappa shape index (κ1) is 14.9. The van der Waals surface area contributed by atoms with E-state index in [2.05, 4.69) is 10.0 Å². The Morgan fingerprint density at radius 3 is 2.47 bits per heavy atom. The lowest BCUT2D eigenvalue weighted by molar-refractivity contribution is 0.423. The number of hydrogen-bond acceptors (Lipinski definition) is 3. The van der Waals surface area contributed by atoms with Crippen LogP contribution in [0.1, 0.15) is 45.4 Å². The van der Waals surface area contributed by atoms with Crippen LogP contribution in [0.3, 0.4) is 0 Å². The summed E-state index contributed by atoms with van der Waals surface area (Å²) < 4.78 is 26.5. The first-order valence-corrected chi connectivity index (χ1v) is 8.35. The molecule has 1 rings (SSSR count). The van der Waals surface area contributed by atoms with Gasteiger partial charge in [-0.25, -0.2) is 13.1 Å². The van der Waals surface area contributed by atoms with Crippen LogP contribution in [-0.2, 0) is 10.0 Å². The van der Waals surface area contributed by atoms with Gasteiger partial charge < -0.3 is 5.32 Å². The highest BCUT2D eigenvalue weighted by molar-refractivity contribution is 7.89. The van der Waals surface area contributed by atoms with Gasteiger partial charge in [-0.1, -0.05) is 12.8 Å². The summed E-state index contributed by atoms with van der Waals surface area (Å²) in [6.45, 7) is 2.88. The molecule has 0 radical (unpaired) electrons. The second-order valence-electron chi connectivity index (χ2n) is 5.08. The van der Waals surface area contributed by atoms with Crippen molar-refractivity contribution in [2.75, 3.05) is 19.3 Å². The molecule has 0 saturated heterocycles. The van der Waals surface area contributed by atoms with Crippen LogP contribution in [0.4, 0.5) is 0 Å². The lowest BCUT2D eigenvalue weighted by Crippen LogP contribution is -2.38. The summed E-state index contributed by atoms with van der Waals surface area (Å²) in [6, 6.07) is 0.104. The molecule has 1 fully saturated rings. The quantitative estimate of drug-likeness (QED) is 0.652. The maximum Gasteiger partial charge on any atom is 0.211 e. The molecule has 1 saturated carbocycles.